The van der Waals surface area contributed by atoms with Gasteiger partial charge in [0, 0.05) is 13.6 Å². The van der Waals surface area contributed by atoms with E-state index in [0.29, 0.717) is 0 Å². The first-order chi connectivity index (χ1) is 11.8. The molecule has 0 aromatic heterocycles. The number of nitrogens with zero attached hydrogens (tertiary/aromatic N) is 1. The first-order valence-corrected chi connectivity index (χ1v) is 9.30. The zero-order valence-corrected chi connectivity index (χ0v) is 14.7. The minimum atomic E-state index is -3.78. The SMILES string of the molecule is CC(CNS(=O)(=O)c1ccc2c(c1)C(=O)N(C)C2=O)c1ccccc1. The molecule has 1 heterocycles. The molecule has 2 aromatic rings. The van der Waals surface area contributed by atoms with E-state index in [-0.39, 0.29) is 28.5 Å². The summed E-state index contributed by atoms with van der Waals surface area (Å²) in [5.74, 6) is -0.913. The van der Waals surface area contributed by atoms with Gasteiger partial charge in [-0.3, -0.25) is 14.5 Å². The van der Waals surface area contributed by atoms with Crippen molar-refractivity contribution in [1.82, 2.24) is 9.62 Å². The van der Waals surface area contributed by atoms with Crippen molar-refractivity contribution < 1.29 is 18.0 Å². The van der Waals surface area contributed by atoms with Crippen molar-refractivity contribution in [3.05, 3.63) is 65.2 Å². The maximum Gasteiger partial charge on any atom is 0.261 e. The number of fused-ring (bicyclic) bond motifs is 1. The van der Waals surface area contributed by atoms with Gasteiger partial charge < -0.3 is 0 Å². The van der Waals surface area contributed by atoms with Crippen molar-refractivity contribution in [2.75, 3.05) is 13.6 Å². The van der Waals surface area contributed by atoms with Crippen LogP contribution in [-0.2, 0) is 10.0 Å². The first-order valence-electron chi connectivity index (χ1n) is 7.82. The standard InChI is InChI=1S/C18H18N2O4S/c1-12(13-6-4-3-5-7-13)11-19-25(23,24)14-8-9-15-16(10-14)18(22)20(2)17(15)21/h3-10,12,19H,11H2,1-2H3. The normalized spacial score (nSPS) is 15.4. The minimum absolute atomic E-state index is 0.000236. The fraction of sp³-hybridized carbons (Fsp3) is 0.222. The topological polar surface area (TPSA) is 83.6 Å². The summed E-state index contributed by atoms with van der Waals surface area (Å²) in [6.45, 7) is 2.16. The van der Waals surface area contributed by atoms with Crippen molar-refractivity contribution in [2.45, 2.75) is 17.7 Å². The fourth-order valence-electron chi connectivity index (χ4n) is 2.73. The van der Waals surface area contributed by atoms with Crippen molar-refractivity contribution in [1.29, 1.82) is 0 Å². The Kier molecular flexibility index (Phi) is 4.45. The van der Waals surface area contributed by atoms with Gasteiger partial charge in [0.1, 0.15) is 0 Å². The molecule has 130 valence electrons. The van der Waals surface area contributed by atoms with E-state index in [1.165, 1.54) is 25.2 Å². The lowest BCUT2D eigenvalue weighted by atomic mass is 10.0. The minimum Gasteiger partial charge on any atom is -0.277 e. The molecule has 0 bridgehead atoms. The number of hydrogen-bond acceptors (Lipinski definition) is 4. The smallest absolute Gasteiger partial charge is 0.261 e. The van der Waals surface area contributed by atoms with Crippen molar-refractivity contribution in [3.8, 4) is 0 Å². The Balaban J connectivity index is 1.80. The number of rotatable bonds is 5. The van der Waals surface area contributed by atoms with Gasteiger partial charge in [-0.25, -0.2) is 13.1 Å². The van der Waals surface area contributed by atoms with E-state index in [9.17, 15) is 18.0 Å². The number of sulfonamides is 1. The molecule has 2 amide bonds. The van der Waals surface area contributed by atoms with Crippen LogP contribution in [0.5, 0.6) is 0 Å². The molecule has 1 unspecified atom stereocenters. The van der Waals surface area contributed by atoms with Crippen molar-refractivity contribution in [3.63, 3.8) is 0 Å². The number of benzene rings is 2. The second-order valence-corrected chi connectivity index (χ2v) is 7.81. The van der Waals surface area contributed by atoms with E-state index >= 15 is 0 Å². The number of amides is 2. The molecular formula is C18H18N2O4S. The van der Waals surface area contributed by atoms with Crippen LogP contribution in [0, 0.1) is 0 Å². The summed E-state index contributed by atoms with van der Waals surface area (Å²) in [7, 11) is -2.40. The Morgan fingerprint density at radius 3 is 2.32 bits per heavy atom. The summed E-state index contributed by atoms with van der Waals surface area (Å²) in [6.07, 6.45) is 0. The van der Waals surface area contributed by atoms with Crippen LogP contribution in [0.3, 0.4) is 0 Å². The Labute approximate surface area is 146 Å². The Morgan fingerprint density at radius 2 is 1.64 bits per heavy atom. The highest BCUT2D eigenvalue weighted by Crippen LogP contribution is 2.24. The summed E-state index contributed by atoms with van der Waals surface area (Å²) in [4.78, 5) is 24.9. The molecule has 7 heteroatoms. The molecule has 25 heavy (non-hydrogen) atoms. The molecule has 2 aromatic carbocycles. The van der Waals surface area contributed by atoms with Crippen LogP contribution >= 0.6 is 0 Å². The highest BCUT2D eigenvalue weighted by atomic mass is 32.2. The molecule has 1 atom stereocenters. The molecule has 0 aliphatic carbocycles. The summed E-state index contributed by atoms with van der Waals surface area (Å²) in [6, 6.07) is 13.6. The maximum atomic E-state index is 12.5. The highest BCUT2D eigenvalue weighted by molar-refractivity contribution is 7.89. The zero-order valence-electron chi connectivity index (χ0n) is 13.9. The van der Waals surface area contributed by atoms with Gasteiger partial charge in [-0.05, 0) is 29.7 Å². The van der Waals surface area contributed by atoms with E-state index in [2.05, 4.69) is 4.72 Å². The molecule has 1 aliphatic rings. The monoisotopic (exact) mass is 358 g/mol. The second-order valence-electron chi connectivity index (χ2n) is 6.04. The Morgan fingerprint density at radius 1 is 1.00 bits per heavy atom. The van der Waals surface area contributed by atoms with Gasteiger partial charge in [0.25, 0.3) is 11.8 Å². The van der Waals surface area contributed by atoms with Crippen molar-refractivity contribution >= 4 is 21.8 Å². The third kappa shape index (κ3) is 3.20. The van der Waals surface area contributed by atoms with Crippen LogP contribution in [-0.4, -0.2) is 38.7 Å². The largest absolute Gasteiger partial charge is 0.277 e. The number of hydrogen-bond donors (Lipinski definition) is 1. The summed E-state index contributed by atoms with van der Waals surface area (Å²) >= 11 is 0. The Bertz CT molecular complexity index is 939. The van der Waals surface area contributed by atoms with E-state index in [1.54, 1.807) is 0 Å². The van der Waals surface area contributed by atoms with Gasteiger partial charge in [0.15, 0.2) is 0 Å². The van der Waals surface area contributed by atoms with Gasteiger partial charge in [-0.1, -0.05) is 37.3 Å². The van der Waals surface area contributed by atoms with E-state index in [4.69, 9.17) is 0 Å². The molecular weight excluding hydrogens is 340 g/mol. The fourth-order valence-corrected chi connectivity index (χ4v) is 3.88. The summed E-state index contributed by atoms with van der Waals surface area (Å²) < 4.78 is 27.6. The quantitative estimate of drug-likeness (QED) is 0.829. The lowest BCUT2D eigenvalue weighted by Crippen LogP contribution is -2.28. The van der Waals surface area contributed by atoms with Crippen LogP contribution in [0.25, 0.3) is 0 Å². The molecule has 0 fully saturated rings. The first kappa shape index (κ1) is 17.3. The number of nitrogens with one attached hydrogen (secondary N) is 1. The lowest BCUT2D eigenvalue weighted by molar-refractivity contribution is 0.0693. The predicted molar refractivity (Wildman–Crippen MR) is 92.9 cm³/mol. The average molecular weight is 358 g/mol. The summed E-state index contributed by atoms with van der Waals surface area (Å²) in [5, 5.41) is 0. The second kappa shape index (κ2) is 6.42. The van der Waals surface area contributed by atoms with Crippen LogP contribution < -0.4 is 4.72 Å². The number of carbonyl (C=O) groups excluding carboxylic acids is 2. The zero-order chi connectivity index (χ0) is 18.2. The van der Waals surface area contributed by atoms with Crippen LogP contribution in [0.2, 0.25) is 0 Å². The maximum absolute atomic E-state index is 12.5. The van der Waals surface area contributed by atoms with Crippen LogP contribution in [0.4, 0.5) is 0 Å². The number of imide groups is 1. The molecule has 0 radical (unpaired) electrons. The van der Waals surface area contributed by atoms with E-state index < -0.39 is 21.8 Å². The highest BCUT2D eigenvalue weighted by Gasteiger charge is 2.33. The molecule has 0 saturated heterocycles. The third-order valence-electron chi connectivity index (χ3n) is 4.32. The van der Waals surface area contributed by atoms with Crippen LogP contribution in [0.15, 0.2) is 53.4 Å². The van der Waals surface area contributed by atoms with Gasteiger partial charge in [0.2, 0.25) is 10.0 Å². The van der Waals surface area contributed by atoms with E-state index in [0.717, 1.165) is 10.5 Å². The van der Waals surface area contributed by atoms with Gasteiger partial charge >= 0.3 is 0 Å². The third-order valence-corrected chi connectivity index (χ3v) is 5.74. The van der Waals surface area contributed by atoms with Gasteiger partial charge in [0.05, 0.1) is 16.0 Å². The summed E-state index contributed by atoms with van der Waals surface area (Å²) in [5.41, 5.74) is 1.37. The van der Waals surface area contributed by atoms with E-state index in [1.807, 2.05) is 37.3 Å². The number of carbonyl (C=O) groups is 2. The molecule has 6 nitrogen and oxygen atoms in total. The molecule has 0 saturated carbocycles. The molecule has 1 N–H and O–H groups in total. The molecule has 0 spiro atoms. The van der Waals surface area contributed by atoms with Gasteiger partial charge in [-0.15, -0.1) is 0 Å². The van der Waals surface area contributed by atoms with Crippen molar-refractivity contribution in [2.24, 2.45) is 0 Å². The lowest BCUT2D eigenvalue weighted by Gasteiger charge is -2.13. The average Bonchev–Trinajstić information content (AvgIpc) is 2.84. The predicted octanol–water partition coefficient (Wildman–Crippen LogP) is 1.99. The van der Waals surface area contributed by atoms with Gasteiger partial charge in [-0.2, -0.15) is 0 Å². The molecule has 3 rings (SSSR count). The van der Waals surface area contributed by atoms with Crippen LogP contribution in [0.1, 0.15) is 39.1 Å². The Hall–Kier alpha value is -2.51. The molecule has 1 aliphatic heterocycles.